The lowest BCUT2D eigenvalue weighted by Crippen LogP contribution is -2.06. The number of rotatable bonds is 2. The van der Waals surface area contributed by atoms with Gasteiger partial charge in [-0.15, -0.1) is 11.8 Å². The molecule has 1 aliphatic heterocycles. The minimum atomic E-state index is 0.151. The summed E-state index contributed by atoms with van der Waals surface area (Å²) in [4.78, 5) is 4.52. The van der Waals surface area contributed by atoms with Gasteiger partial charge in [0, 0.05) is 31.1 Å². The summed E-state index contributed by atoms with van der Waals surface area (Å²) in [5, 5.41) is 17.6. The molecule has 0 spiro atoms. The van der Waals surface area contributed by atoms with Crippen molar-refractivity contribution < 1.29 is 0 Å². The predicted molar refractivity (Wildman–Crippen MR) is 105 cm³/mol. The molecular formula is C20H19N5S. The second-order valence-corrected chi connectivity index (χ2v) is 7.52. The summed E-state index contributed by atoms with van der Waals surface area (Å²) in [6.07, 6.45) is 1.80. The fraction of sp³-hybridized carbons (Fsp3) is 0.250. The number of anilines is 1. The number of thioether (sulfide) groups is 1. The monoisotopic (exact) mass is 361 g/mol. The van der Waals surface area contributed by atoms with E-state index in [0.29, 0.717) is 5.56 Å². The van der Waals surface area contributed by atoms with Crippen molar-refractivity contribution in [3.8, 4) is 17.5 Å². The molecule has 130 valence electrons. The van der Waals surface area contributed by atoms with E-state index in [2.05, 4.69) is 29.4 Å². The van der Waals surface area contributed by atoms with Gasteiger partial charge in [0.1, 0.15) is 11.5 Å². The first-order chi connectivity index (χ1) is 12.7. The van der Waals surface area contributed by atoms with Crippen LogP contribution in [0.3, 0.4) is 0 Å². The van der Waals surface area contributed by atoms with E-state index in [-0.39, 0.29) is 5.25 Å². The smallest absolute Gasteiger partial charge is 0.129 e. The summed E-state index contributed by atoms with van der Waals surface area (Å²) < 4.78 is 1.91. The number of nitrogens with zero attached hydrogens (tertiary/aromatic N) is 4. The quantitative estimate of drug-likeness (QED) is 0.749. The van der Waals surface area contributed by atoms with Crippen LogP contribution in [0, 0.1) is 18.3 Å². The normalized spacial score (nSPS) is 16.3. The number of benzene rings is 1. The number of aromatic nitrogens is 3. The fourth-order valence-corrected chi connectivity index (χ4v) is 4.69. The van der Waals surface area contributed by atoms with Crippen LogP contribution >= 0.6 is 11.8 Å². The van der Waals surface area contributed by atoms with Gasteiger partial charge in [0.15, 0.2) is 0 Å². The zero-order chi connectivity index (χ0) is 18.1. The van der Waals surface area contributed by atoms with Crippen LogP contribution in [-0.2, 0) is 7.05 Å². The first-order valence-electron chi connectivity index (χ1n) is 8.53. The number of pyridine rings is 1. The van der Waals surface area contributed by atoms with Gasteiger partial charge >= 0.3 is 0 Å². The van der Waals surface area contributed by atoms with E-state index >= 15 is 0 Å². The molecule has 0 saturated heterocycles. The van der Waals surface area contributed by atoms with Crippen LogP contribution in [-0.4, -0.2) is 27.1 Å². The van der Waals surface area contributed by atoms with Gasteiger partial charge in [0.2, 0.25) is 0 Å². The summed E-state index contributed by atoms with van der Waals surface area (Å²) in [6.45, 7) is 2.97. The van der Waals surface area contributed by atoms with Gasteiger partial charge in [0.25, 0.3) is 0 Å². The van der Waals surface area contributed by atoms with Crippen LogP contribution in [0.2, 0.25) is 0 Å². The standard InChI is InChI=1S/C20H19N5S/c1-13-11-14(12-21)6-7-15(13)19-17-18(16-5-3-4-8-22-16)24-25(2)20(17)23-9-10-26-19/h3-8,11,19,23H,9-10H2,1-2H3/t19-/m1/s1. The lowest BCUT2D eigenvalue weighted by atomic mass is 9.97. The van der Waals surface area contributed by atoms with Gasteiger partial charge in [-0.3, -0.25) is 9.67 Å². The predicted octanol–water partition coefficient (Wildman–Crippen LogP) is 3.91. The van der Waals surface area contributed by atoms with E-state index in [0.717, 1.165) is 35.1 Å². The number of nitriles is 1. The SMILES string of the molecule is Cc1cc(C#N)ccc1[C@H]1SCCNc2c1c(-c1ccccn1)nn2C. The van der Waals surface area contributed by atoms with Crippen LogP contribution < -0.4 is 5.32 Å². The number of hydrogen-bond acceptors (Lipinski definition) is 5. The fourth-order valence-electron chi connectivity index (χ4n) is 3.40. The maximum Gasteiger partial charge on any atom is 0.129 e. The molecule has 0 saturated carbocycles. The highest BCUT2D eigenvalue weighted by molar-refractivity contribution is 7.99. The maximum absolute atomic E-state index is 9.18. The summed E-state index contributed by atoms with van der Waals surface area (Å²) >= 11 is 1.90. The van der Waals surface area contributed by atoms with E-state index < -0.39 is 0 Å². The van der Waals surface area contributed by atoms with Gasteiger partial charge in [-0.05, 0) is 42.3 Å². The Kier molecular flexibility index (Phi) is 4.39. The van der Waals surface area contributed by atoms with Crippen LogP contribution in [0.15, 0.2) is 42.6 Å². The highest BCUT2D eigenvalue weighted by atomic mass is 32.2. The van der Waals surface area contributed by atoms with Gasteiger partial charge < -0.3 is 5.32 Å². The van der Waals surface area contributed by atoms with Crippen molar-refractivity contribution >= 4 is 17.6 Å². The number of fused-ring (bicyclic) bond motifs is 1. The summed E-state index contributed by atoms with van der Waals surface area (Å²) in [7, 11) is 1.97. The Morgan fingerprint density at radius 3 is 2.92 bits per heavy atom. The van der Waals surface area contributed by atoms with E-state index in [9.17, 15) is 5.26 Å². The van der Waals surface area contributed by atoms with E-state index in [1.807, 2.05) is 53.8 Å². The summed E-state index contributed by atoms with van der Waals surface area (Å²) in [5.74, 6) is 2.05. The molecule has 0 radical (unpaired) electrons. The van der Waals surface area contributed by atoms with Crippen LogP contribution in [0.4, 0.5) is 5.82 Å². The lowest BCUT2D eigenvalue weighted by molar-refractivity contribution is 0.773. The van der Waals surface area contributed by atoms with Gasteiger partial charge in [-0.25, -0.2) is 0 Å². The molecule has 1 N–H and O–H groups in total. The second kappa shape index (κ2) is 6.85. The number of hydrogen-bond donors (Lipinski definition) is 1. The Balaban J connectivity index is 1.91. The Bertz CT molecular complexity index is 987. The average molecular weight is 361 g/mol. The first-order valence-corrected chi connectivity index (χ1v) is 9.58. The molecule has 5 nitrogen and oxygen atoms in total. The van der Waals surface area contributed by atoms with Gasteiger partial charge in [-0.2, -0.15) is 10.4 Å². The third-order valence-corrected chi connectivity index (χ3v) is 5.88. The molecule has 0 fully saturated rings. The lowest BCUT2D eigenvalue weighted by Gasteiger charge is -2.18. The minimum absolute atomic E-state index is 0.151. The number of nitrogens with one attached hydrogen (secondary N) is 1. The van der Waals surface area contributed by atoms with Crippen LogP contribution in [0.25, 0.3) is 11.4 Å². The Hall–Kier alpha value is -2.78. The zero-order valence-electron chi connectivity index (χ0n) is 14.7. The Morgan fingerprint density at radius 1 is 1.31 bits per heavy atom. The van der Waals surface area contributed by atoms with Crippen molar-refractivity contribution in [3.63, 3.8) is 0 Å². The Labute approximate surface area is 157 Å². The third-order valence-electron chi connectivity index (χ3n) is 4.61. The topological polar surface area (TPSA) is 66.5 Å². The third kappa shape index (κ3) is 2.85. The van der Waals surface area contributed by atoms with E-state index in [4.69, 9.17) is 5.10 Å². The maximum atomic E-state index is 9.18. The average Bonchev–Trinajstić information content (AvgIpc) is 2.85. The van der Waals surface area contributed by atoms with E-state index in [1.54, 1.807) is 6.20 Å². The van der Waals surface area contributed by atoms with Crippen LogP contribution in [0.5, 0.6) is 0 Å². The molecule has 0 unspecified atom stereocenters. The number of aryl methyl sites for hydroxylation is 2. The molecule has 4 rings (SSSR count). The molecule has 2 aromatic heterocycles. The first kappa shape index (κ1) is 16.7. The largest absolute Gasteiger partial charge is 0.369 e. The molecule has 1 atom stereocenters. The molecule has 6 heteroatoms. The Morgan fingerprint density at radius 2 is 2.19 bits per heavy atom. The van der Waals surface area contributed by atoms with Crippen molar-refractivity contribution in [2.24, 2.45) is 7.05 Å². The van der Waals surface area contributed by atoms with Crippen molar-refractivity contribution in [2.75, 3.05) is 17.6 Å². The zero-order valence-corrected chi connectivity index (χ0v) is 15.5. The molecule has 0 aliphatic carbocycles. The second-order valence-electron chi connectivity index (χ2n) is 6.31. The summed E-state index contributed by atoms with van der Waals surface area (Å²) in [5.41, 5.74) is 6.01. The van der Waals surface area contributed by atoms with Crippen molar-refractivity contribution in [3.05, 3.63) is 64.8 Å². The van der Waals surface area contributed by atoms with Crippen molar-refractivity contribution in [2.45, 2.75) is 12.2 Å². The van der Waals surface area contributed by atoms with Crippen molar-refractivity contribution in [1.29, 1.82) is 5.26 Å². The molecule has 3 heterocycles. The molecule has 3 aromatic rings. The highest BCUT2D eigenvalue weighted by Crippen LogP contribution is 2.46. The highest BCUT2D eigenvalue weighted by Gasteiger charge is 2.30. The van der Waals surface area contributed by atoms with Gasteiger partial charge in [-0.1, -0.05) is 12.1 Å². The molecular weight excluding hydrogens is 342 g/mol. The molecule has 26 heavy (non-hydrogen) atoms. The minimum Gasteiger partial charge on any atom is -0.369 e. The van der Waals surface area contributed by atoms with E-state index in [1.165, 1.54) is 11.1 Å². The van der Waals surface area contributed by atoms with Crippen molar-refractivity contribution in [1.82, 2.24) is 14.8 Å². The molecule has 1 aliphatic rings. The van der Waals surface area contributed by atoms with Crippen LogP contribution in [0.1, 0.15) is 27.5 Å². The molecule has 0 amide bonds. The summed E-state index contributed by atoms with van der Waals surface area (Å²) in [6, 6.07) is 14.1. The molecule has 0 bridgehead atoms. The molecule has 1 aromatic carbocycles. The van der Waals surface area contributed by atoms with Gasteiger partial charge in [0.05, 0.1) is 22.6 Å².